The van der Waals surface area contributed by atoms with Crippen molar-refractivity contribution in [1.82, 2.24) is 9.29 Å². The molecule has 0 radical (unpaired) electrons. The minimum atomic E-state index is -4.08. The third-order valence-corrected chi connectivity index (χ3v) is 7.13. The van der Waals surface area contributed by atoms with Gasteiger partial charge in [-0.05, 0) is 24.3 Å². The number of anilines is 2. The van der Waals surface area contributed by atoms with Gasteiger partial charge >= 0.3 is 6.09 Å². The molecule has 1 aromatic carbocycles. The molecule has 2 aliphatic heterocycles. The lowest BCUT2D eigenvalue weighted by molar-refractivity contribution is 0.0963. The van der Waals surface area contributed by atoms with E-state index >= 15 is 0 Å². The zero-order valence-corrected chi connectivity index (χ0v) is 17.1. The van der Waals surface area contributed by atoms with E-state index in [2.05, 4.69) is 4.98 Å². The number of carbonyl (C=O) groups excluding carboxylic acids is 1. The van der Waals surface area contributed by atoms with Crippen LogP contribution in [-0.2, 0) is 14.8 Å². The number of nitrogens with zero attached hydrogens (tertiary/aromatic N) is 4. The van der Waals surface area contributed by atoms with E-state index in [9.17, 15) is 22.0 Å². The first kappa shape index (κ1) is 21.4. The van der Waals surface area contributed by atoms with Gasteiger partial charge in [0.25, 0.3) is 0 Å². The number of halogens is 2. The molecule has 0 saturated carbocycles. The SMILES string of the molecule is O=C1O[C@@H](CO)CN1c1ccc(N2CCN(S(=O)(=O)c3ccc(F)cc3F)CC2)nc1. The molecule has 1 N–H and O–H groups in total. The highest BCUT2D eigenvalue weighted by Crippen LogP contribution is 2.25. The van der Waals surface area contributed by atoms with Crippen LogP contribution in [0.2, 0.25) is 0 Å². The quantitative estimate of drug-likeness (QED) is 0.724. The summed E-state index contributed by atoms with van der Waals surface area (Å²) in [5.74, 6) is -1.37. The van der Waals surface area contributed by atoms with E-state index in [1.165, 1.54) is 11.1 Å². The lowest BCUT2D eigenvalue weighted by atomic mass is 10.3. The summed E-state index contributed by atoms with van der Waals surface area (Å²) in [7, 11) is -4.08. The number of piperazine rings is 1. The molecule has 4 rings (SSSR count). The van der Waals surface area contributed by atoms with Crippen molar-refractivity contribution in [1.29, 1.82) is 0 Å². The summed E-state index contributed by atoms with van der Waals surface area (Å²) in [6.45, 7) is 0.841. The van der Waals surface area contributed by atoms with E-state index in [1.807, 2.05) is 4.90 Å². The number of benzene rings is 1. The average Bonchev–Trinajstić information content (AvgIpc) is 3.14. The number of rotatable bonds is 5. The number of aliphatic hydroxyl groups excluding tert-OH is 1. The molecule has 1 amide bonds. The highest BCUT2D eigenvalue weighted by atomic mass is 32.2. The van der Waals surface area contributed by atoms with Crippen molar-refractivity contribution in [2.75, 3.05) is 49.1 Å². The summed E-state index contributed by atoms with van der Waals surface area (Å²) in [4.78, 5) is 18.9. The molecule has 0 aliphatic carbocycles. The van der Waals surface area contributed by atoms with Crippen molar-refractivity contribution in [3.05, 3.63) is 48.2 Å². The molecule has 2 saturated heterocycles. The number of carbonyl (C=O) groups is 1. The van der Waals surface area contributed by atoms with Crippen molar-refractivity contribution in [2.24, 2.45) is 0 Å². The van der Waals surface area contributed by atoms with Gasteiger partial charge in [-0.25, -0.2) is 27.0 Å². The summed E-state index contributed by atoms with van der Waals surface area (Å²) in [6.07, 6.45) is 0.376. The molecule has 1 atom stereocenters. The summed E-state index contributed by atoms with van der Waals surface area (Å²) in [5, 5.41) is 9.13. The van der Waals surface area contributed by atoms with Gasteiger partial charge in [0.1, 0.15) is 28.5 Å². The summed E-state index contributed by atoms with van der Waals surface area (Å²) in [5.41, 5.74) is 0.526. The van der Waals surface area contributed by atoms with Crippen molar-refractivity contribution in [3.8, 4) is 0 Å². The van der Waals surface area contributed by atoms with E-state index in [-0.39, 0.29) is 26.2 Å². The standard InChI is InChI=1S/C19H20F2N4O5S/c20-13-1-3-17(16(21)9-13)31(28,29)24-7-5-23(6-8-24)18-4-2-14(10-22-18)25-11-15(12-26)30-19(25)27/h1-4,9-10,15,26H,5-8,11-12H2/t15-/m1/s1. The summed E-state index contributed by atoms with van der Waals surface area (Å²) in [6, 6.07) is 5.79. The van der Waals surface area contributed by atoms with Crippen LogP contribution in [0.4, 0.5) is 25.1 Å². The normalized spacial score (nSPS) is 20.2. The minimum Gasteiger partial charge on any atom is -0.441 e. The van der Waals surface area contributed by atoms with Crippen LogP contribution in [0, 0.1) is 11.6 Å². The molecule has 31 heavy (non-hydrogen) atoms. The molecule has 9 nitrogen and oxygen atoms in total. The Morgan fingerprint density at radius 1 is 1.13 bits per heavy atom. The van der Waals surface area contributed by atoms with E-state index in [1.54, 1.807) is 12.1 Å². The van der Waals surface area contributed by atoms with E-state index < -0.39 is 38.8 Å². The average molecular weight is 454 g/mol. The van der Waals surface area contributed by atoms with Crippen LogP contribution in [0.3, 0.4) is 0 Å². The van der Waals surface area contributed by atoms with Crippen LogP contribution >= 0.6 is 0 Å². The van der Waals surface area contributed by atoms with Gasteiger partial charge in [-0.15, -0.1) is 0 Å². The van der Waals surface area contributed by atoms with Gasteiger partial charge in [0.05, 0.1) is 25.0 Å². The second-order valence-electron chi connectivity index (χ2n) is 7.14. The molecular formula is C19H20F2N4O5S. The maximum absolute atomic E-state index is 14.0. The van der Waals surface area contributed by atoms with Crippen LogP contribution in [0.1, 0.15) is 0 Å². The van der Waals surface area contributed by atoms with Crippen molar-refractivity contribution in [3.63, 3.8) is 0 Å². The largest absolute Gasteiger partial charge is 0.441 e. The monoisotopic (exact) mass is 454 g/mol. The van der Waals surface area contributed by atoms with Crippen molar-refractivity contribution in [2.45, 2.75) is 11.0 Å². The lowest BCUT2D eigenvalue weighted by Crippen LogP contribution is -2.49. The van der Waals surface area contributed by atoms with Gasteiger partial charge in [0.15, 0.2) is 0 Å². The fourth-order valence-corrected chi connectivity index (χ4v) is 5.00. The van der Waals surface area contributed by atoms with E-state index in [4.69, 9.17) is 9.84 Å². The number of hydrogen-bond donors (Lipinski definition) is 1. The smallest absolute Gasteiger partial charge is 0.414 e. The summed E-state index contributed by atoms with van der Waals surface area (Å²) < 4.78 is 58.6. The Labute approximate surface area is 177 Å². The van der Waals surface area contributed by atoms with Gasteiger partial charge in [-0.1, -0.05) is 0 Å². The highest BCUT2D eigenvalue weighted by molar-refractivity contribution is 7.89. The lowest BCUT2D eigenvalue weighted by Gasteiger charge is -2.34. The van der Waals surface area contributed by atoms with Crippen molar-refractivity contribution < 1.29 is 31.8 Å². The Morgan fingerprint density at radius 3 is 2.45 bits per heavy atom. The van der Waals surface area contributed by atoms with Gasteiger partial charge in [0, 0.05) is 32.2 Å². The molecule has 3 heterocycles. The molecule has 12 heteroatoms. The fourth-order valence-electron chi connectivity index (χ4n) is 3.53. The molecule has 0 bridgehead atoms. The fraction of sp³-hybridized carbons (Fsp3) is 0.368. The van der Waals surface area contributed by atoms with Gasteiger partial charge < -0.3 is 14.7 Å². The Balaban J connectivity index is 1.41. The van der Waals surface area contributed by atoms with Gasteiger partial charge in [-0.3, -0.25) is 4.90 Å². The number of aliphatic hydroxyl groups is 1. The third kappa shape index (κ3) is 4.18. The number of sulfonamides is 1. The maximum Gasteiger partial charge on any atom is 0.414 e. The van der Waals surface area contributed by atoms with E-state index in [0.29, 0.717) is 30.7 Å². The highest BCUT2D eigenvalue weighted by Gasteiger charge is 2.33. The first-order valence-electron chi connectivity index (χ1n) is 9.55. The van der Waals surface area contributed by atoms with Crippen LogP contribution in [0.25, 0.3) is 0 Å². The predicted molar refractivity (Wildman–Crippen MR) is 106 cm³/mol. The maximum atomic E-state index is 14.0. The molecule has 1 aromatic heterocycles. The van der Waals surface area contributed by atoms with E-state index in [0.717, 1.165) is 16.4 Å². The number of ether oxygens (including phenoxy) is 1. The predicted octanol–water partition coefficient (Wildman–Crippen LogP) is 1.19. The molecule has 166 valence electrons. The molecule has 2 fully saturated rings. The number of aromatic nitrogens is 1. The second kappa shape index (κ2) is 8.36. The van der Waals surface area contributed by atoms with Crippen LogP contribution in [-0.4, -0.2) is 74.3 Å². The first-order chi connectivity index (χ1) is 14.8. The Bertz CT molecular complexity index is 1080. The molecule has 2 aliphatic rings. The molecule has 0 spiro atoms. The molecule has 2 aromatic rings. The zero-order valence-electron chi connectivity index (χ0n) is 16.3. The first-order valence-corrected chi connectivity index (χ1v) is 11.0. The van der Waals surface area contributed by atoms with Crippen LogP contribution < -0.4 is 9.80 Å². The number of pyridine rings is 1. The zero-order chi connectivity index (χ0) is 22.2. The van der Waals surface area contributed by atoms with Gasteiger partial charge in [-0.2, -0.15) is 4.31 Å². The van der Waals surface area contributed by atoms with Gasteiger partial charge in [0.2, 0.25) is 10.0 Å². The van der Waals surface area contributed by atoms with Crippen molar-refractivity contribution >= 4 is 27.6 Å². The number of hydrogen-bond acceptors (Lipinski definition) is 7. The Kier molecular flexibility index (Phi) is 5.77. The minimum absolute atomic E-state index is 0.110. The Morgan fingerprint density at radius 2 is 1.87 bits per heavy atom. The molecule has 0 unspecified atom stereocenters. The summed E-state index contributed by atoms with van der Waals surface area (Å²) >= 11 is 0. The molecular weight excluding hydrogens is 434 g/mol. The van der Waals surface area contributed by atoms with Crippen LogP contribution in [0.15, 0.2) is 41.4 Å². The number of amides is 1. The topological polar surface area (TPSA) is 103 Å². The third-order valence-electron chi connectivity index (χ3n) is 5.20. The number of cyclic esters (lactones) is 1. The second-order valence-corrected chi connectivity index (χ2v) is 9.05. The Hall–Kier alpha value is -2.83. The van der Waals surface area contributed by atoms with Crippen LogP contribution in [0.5, 0.6) is 0 Å².